The first-order chi connectivity index (χ1) is 9.04. The molecule has 1 aliphatic carbocycles. The minimum absolute atomic E-state index is 0.181. The van der Waals surface area contributed by atoms with Crippen LogP contribution in [0.25, 0.3) is 0 Å². The number of carbonyl (C=O) groups excluding carboxylic acids is 1. The number of nitrogens with one attached hydrogen (secondary N) is 1. The molecule has 110 valence electrons. The van der Waals surface area contributed by atoms with Crippen molar-refractivity contribution in [2.24, 2.45) is 17.6 Å². The molecule has 4 nitrogen and oxygen atoms in total. The van der Waals surface area contributed by atoms with Gasteiger partial charge in [-0.15, -0.1) is 0 Å². The van der Waals surface area contributed by atoms with Crippen molar-refractivity contribution in [3.8, 4) is 0 Å². The van der Waals surface area contributed by atoms with Crippen LogP contribution in [-0.2, 0) is 4.79 Å². The van der Waals surface area contributed by atoms with Gasteiger partial charge in [0.2, 0.25) is 5.91 Å². The standard InChI is InChI=1S/C15H29N3O/c1-11-7-13(16)9-18(8-11)10-15(19)17-14-6-4-3-5-12(14)2/h11-14H,3-10,16H2,1-2H3,(H,17,19). The van der Waals surface area contributed by atoms with Crippen LogP contribution in [0.4, 0.5) is 0 Å². The monoisotopic (exact) mass is 267 g/mol. The summed E-state index contributed by atoms with van der Waals surface area (Å²) in [5.74, 6) is 1.41. The number of hydrogen-bond acceptors (Lipinski definition) is 3. The van der Waals surface area contributed by atoms with Gasteiger partial charge in [-0.25, -0.2) is 0 Å². The van der Waals surface area contributed by atoms with Crippen LogP contribution in [0.1, 0.15) is 46.0 Å². The molecule has 4 unspecified atom stereocenters. The fourth-order valence-corrected chi connectivity index (χ4v) is 3.63. The Kier molecular flexibility index (Phi) is 5.22. The summed E-state index contributed by atoms with van der Waals surface area (Å²) in [6.07, 6.45) is 6.03. The predicted octanol–water partition coefficient (Wildman–Crippen LogP) is 1.35. The van der Waals surface area contributed by atoms with E-state index < -0.39 is 0 Å². The van der Waals surface area contributed by atoms with Gasteiger partial charge in [0.25, 0.3) is 0 Å². The number of amides is 1. The van der Waals surface area contributed by atoms with Gasteiger partial charge in [-0.2, -0.15) is 0 Å². The SMILES string of the molecule is CC1CC(N)CN(CC(=O)NC2CCCCC2C)C1. The lowest BCUT2D eigenvalue weighted by atomic mass is 9.86. The number of likely N-dealkylation sites (tertiary alicyclic amines) is 1. The van der Waals surface area contributed by atoms with Crippen LogP contribution in [0, 0.1) is 11.8 Å². The highest BCUT2D eigenvalue weighted by molar-refractivity contribution is 5.78. The van der Waals surface area contributed by atoms with Gasteiger partial charge >= 0.3 is 0 Å². The van der Waals surface area contributed by atoms with E-state index in [0.717, 1.165) is 25.9 Å². The van der Waals surface area contributed by atoms with Gasteiger partial charge in [-0.3, -0.25) is 9.69 Å². The van der Waals surface area contributed by atoms with Gasteiger partial charge in [-0.1, -0.05) is 26.7 Å². The number of carbonyl (C=O) groups is 1. The molecular weight excluding hydrogens is 238 g/mol. The van der Waals surface area contributed by atoms with Crippen LogP contribution in [-0.4, -0.2) is 42.5 Å². The average molecular weight is 267 g/mol. The Balaban J connectivity index is 1.77. The van der Waals surface area contributed by atoms with Gasteiger partial charge in [0, 0.05) is 25.2 Å². The molecule has 1 aliphatic heterocycles. The fourth-order valence-electron chi connectivity index (χ4n) is 3.63. The fraction of sp³-hybridized carbons (Fsp3) is 0.933. The molecule has 1 amide bonds. The molecule has 0 aromatic carbocycles. The zero-order valence-electron chi connectivity index (χ0n) is 12.4. The number of piperidine rings is 1. The van der Waals surface area contributed by atoms with Crippen LogP contribution in [0.3, 0.4) is 0 Å². The topological polar surface area (TPSA) is 58.4 Å². The Bertz CT molecular complexity index is 298. The van der Waals surface area contributed by atoms with Crippen LogP contribution in [0.5, 0.6) is 0 Å². The highest BCUT2D eigenvalue weighted by Gasteiger charge is 2.26. The third-order valence-corrected chi connectivity index (χ3v) is 4.59. The summed E-state index contributed by atoms with van der Waals surface area (Å²) in [6, 6.07) is 0.613. The lowest BCUT2D eigenvalue weighted by Crippen LogP contribution is -2.51. The molecule has 2 rings (SSSR count). The van der Waals surface area contributed by atoms with Gasteiger partial charge in [-0.05, 0) is 31.1 Å². The lowest BCUT2D eigenvalue weighted by Gasteiger charge is -2.35. The van der Waals surface area contributed by atoms with E-state index in [9.17, 15) is 4.79 Å². The Morgan fingerprint density at radius 3 is 2.68 bits per heavy atom. The maximum Gasteiger partial charge on any atom is 0.234 e. The lowest BCUT2D eigenvalue weighted by molar-refractivity contribution is -0.124. The van der Waals surface area contributed by atoms with Crippen molar-refractivity contribution in [2.75, 3.05) is 19.6 Å². The Labute approximate surface area is 117 Å². The molecule has 2 fully saturated rings. The van der Waals surface area contributed by atoms with Crippen LogP contribution >= 0.6 is 0 Å². The maximum absolute atomic E-state index is 12.1. The quantitative estimate of drug-likeness (QED) is 0.811. The summed E-state index contributed by atoms with van der Waals surface area (Å²) in [6.45, 7) is 6.84. The van der Waals surface area contributed by atoms with Crippen molar-refractivity contribution < 1.29 is 4.79 Å². The number of rotatable bonds is 3. The molecule has 0 radical (unpaired) electrons. The summed E-state index contributed by atoms with van der Waals surface area (Å²) in [5.41, 5.74) is 6.02. The summed E-state index contributed by atoms with van der Waals surface area (Å²) in [4.78, 5) is 14.4. The molecule has 0 spiro atoms. The highest BCUT2D eigenvalue weighted by Crippen LogP contribution is 2.23. The van der Waals surface area contributed by atoms with Crippen molar-refractivity contribution >= 4 is 5.91 Å². The Morgan fingerprint density at radius 1 is 1.26 bits per heavy atom. The summed E-state index contributed by atoms with van der Waals surface area (Å²) in [5, 5.41) is 3.22. The second-order valence-corrected chi connectivity index (χ2v) is 6.73. The highest BCUT2D eigenvalue weighted by atomic mass is 16.2. The van der Waals surface area contributed by atoms with E-state index in [1.54, 1.807) is 0 Å². The first-order valence-corrected chi connectivity index (χ1v) is 7.82. The van der Waals surface area contributed by atoms with Crippen molar-refractivity contribution in [2.45, 2.75) is 58.0 Å². The molecule has 19 heavy (non-hydrogen) atoms. The van der Waals surface area contributed by atoms with Crippen molar-refractivity contribution in [1.29, 1.82) is 0 Å². The summed E-state index contributed by atoms with van der Waals surface area (Å²) < 4.78 is 0. The smallest absolute Gasteiger partial charge is 0.234 e. The van der Waals surface area contributed by atoms with E-state index in [-0.39, 0.29) is 11.9 Å². The Morgan fingerprint density at radius 2 is 2.00 bits per heavy atom. The van der Waals surface area contributed by atoms with Crippen LogP contribution in [0.2, 0.25) is 0 Å². The second kappa shape index (κ2) is 6.71. The van der Waals surface area contributed by atoms with E-state index in [0.29, 0.717) is 24.4 Å². The molecule has 0 aromatic heterocycles. The van der Waals surface area contributed by atoms with Gasteiger partial charge < -0.3 is 11.1 Å². The minimum atomic E-state index is 0.181. The normalized spacial score (nSPS) is 37.0. The molecule has 1 saturated carbocycles. The molecule has 1 heterocycles. The molecular formula is C15H29N3O. The van der Waals surface area contributed by atoms with Gasteiger partial charge in [0.15, 0.2) is 0 Å². The molecule has 3 N–H and O–H groups in total. The number of hydrogen-bond donors (Lipinski definition) is 2. The minimum Gasteiger partial charge on any atom is -0.352 e. The van der Waals surface area contributed by atoms with Crippen LogP contribution in [0.15, 0.2) is 0 Å². The zero-order valence-corrected chi connectivity index (χ0v) is 12.4. The average Bonchev–Trinajstić information content (AvgIpc) is 2.30. The third kappa shape index (κ3) is 4.46. The molecule has 4 heteroatoms. The van der Waals surface area contributed by atoms with E-state index in [4.69, 9.17) is 5.73 Å². The molecule has 1 saturated heterocycles. The second-order valence-electron chi connectivity index (χ2n) is 6.73. The van der Waals surface area contributed by atoms with Gasteiger partial charge in [0.05, 0.1) is 6.54 Å². The maximum atomic E-state index is 12.1. The van der Waals surface area contributed by atoms with Gasteiger partial charge in [0.1, 0.15) is 0 Å². The summed E-state index contributed by atoms with van der Waals surface area (Å²) in [7, 11) is 0. The van der Waals surface area contributed by atoms with Crippen molar-refractivity contribution in [3.63, 3.8) is 0 Å². The molecule has 0 bridgehead atoms. The van der Waals surface area contributed by atoms with E-state index in [2.05, 4.69) is 24.1 Å². The molecule has 0 aromatic rings. The first kappa shape index (κ1) is 14.8. The van der Waals surface area contributed by atoms with Crippen LogP contribution < -0.4 is 11.1 Å². The Hall–Kier alpha value is -0.610. The van der Waals surface area contributed by atoms with E-state index in [1.165, 1.54) is 19.3 Å². The largest absolute Gasteiger partial charge is 0.352 e. The van der Waals surface area contributed by atoms with E-state index in [1.807, 2.05) is 0 Å². The number of nitrogens with two attached hydrogens (primary N) is 1. The molecule has 4 atom stereocenters. The van der Waals surface area contributed by atoms with Crippen molar-refractivity contribution in [1.82, 2.24) is 10.2 Å². The van der Waals surface area contributed by atoms with E-state index >= 15 is 0 Å². The zero-order chi connectivity index (χ0) is 13.8. The first-order valence-electron chi connectivity index (χ1n) is 7.82. The summed E-state index contributed by atoms with van der Waals surface area (Å²) >= 11 is 0. The predicted molar refractivity (Wildman–Crippen MR) is 77.8 cm³/mol. The third-order valence-electron chi connectivity index (χ3n) is 4.59. The molecule has 2 aliphatic rings. The van der Waals surface area contributed by atoms with Crippen molar-refractivity contribution in [3.05, 3.63) is 0 Å². The number of nitrogens with zero attached hydrogens (tertiary/aromatic N) is 1.